The van der Waals surface area contributed by atoms with Crippen LogP contribution in [0.1, 0.15) is 12.7 Å². The minimum Gasteiger partial charge on any atom is -0.340 e. The van der Waals surface area contributed by atoms with Gasteiger partial charge in [-0.2, -0.15) is 0 Å². The van der Waals surface area contributed by atoms with E-state index in [2.05, 4.69) is 31.2 Å². The Balaban J connectivity index is 2.27. The summed E-state index contributed by atoms with van der Waals surface area (Å²) in [7, 11) is 0. The molecular weight excluding hydrogens is 304 g/mol. The van der Waals surface area contributed by atoms with E-state index in [9.17, 15) is 8.78 Å². The van der Waals surface area contributed by atoms with Crippen molar-refractivity contribution in [2.24, 2.45) is 0 Å². The fourth-order valence-corrected chi connectivity index (χ4v) is 1.83. The first-order chi connectivity index (χ1) is 8.58. The average molecular weight is 314 g/mol. The Morgan fingerprint density at radius 1 is 1.17 bits per heavy atom. The molecule has 0 fully saturated rings. The van der Waals surface area contributed by atoms with Crippen molar-refractivity contribution in [1.29, 1.82) is 0 Å². The molecule has 0 aliphatic heterocycles. The summed E-state index contributed by atoms with van der Waals surface area (Å²) >= 11 is 3.27. The zero-order chi connectivity index (χ0) is 13.1. The van der Waals surface area contributed by atoms with Gasteiger partial charge in [-0.3, -0.25) is 0 Å². The second-order valence-electron chi connectivity index (χ2n) is 3.60. The third-order valence-electron chi connectivity index (χ3n) is 2.25. The van der Waals surface area contributed by atoms with E-state index in [0.717, 1.165) is 12.1 Å². The van der Waals surface area contributed by atoms with Gasteiger partial charge in [0.15, 0.2) is 11.6 Å². The fourth-order valence-electron chi connectivity index (χ4n) is 1.41. The van der Waals surface area contributed by atoms with Gasteiger partial charge in [-0.15, -0.1) is 0 Å². The van der Waals surface area contributed by atoms with Crippen LogP contribution in [0.3, 0.4) is 0 Å². The van der Waals surface area contributed by atoms with Gasteiger partial charge in [-0.1, -0.05) is 6.92 Å². The summed E-state index contributed by atoms with van der Waals surface area (Å²) in [4.78, 5) is 8.39. The Morgan fingerprint density at radius 2 is 1.94 bits per heavy atom. The topological polar surface area (TPSA) is 37.8 Å². The molecule has 0 saturated heterocycles. The molecule has 1 aromatic heterocycles. The van der Waals surface area contributed by atoms with Crippen molar-refractivity contribution in [3.05, 3.63) is 46.3 Å². The lowest BCUT2D eigenvalue weighted by atomic mass is 10.3. The van der Waals surface area contributed by atoms with Crippen LogP contribution in [0, 0.1) is 11.6 Å². The number of hydrogen-bond donors (Lipinski definition) is 1. The van der Waals surface area contributed by atoms with E-state index < -0.39 is 11.6 Å². The second kappa shape index (κ2) is 5.39. The predicted octanol–water partition coefficient (Wildman–Crippen LogP) is 3.82. The van der Waals surface area contributed by atoms with Crippen LogP contribution in [0.5, 0.6) is 0 Å². The number of anilines is 2. The van der Waals surface area contributed by atoms with Crippen LogP contribution in [0.4, 0.5) is 20.3 Å². The molecule has 18 heavy (non-hydrogen) atoms. The molecule has 0 aliphatic rings. The van der Waals surface area contributed by atoms with E-state index in [1.165, 1.54) is 6.07 Å². The molecule has 0 aliphatic carbocycles. The molecule has 0 amide bonds. The normalized spacial score (nSPS) is 10.4. The highest BCUT2D eigenvalue weighted by molar-refractivity contribution is 9.10. The molecule has 1 heterocycles. The third-order valence-corrected chi connectivity index (χ3v) is 2.66. The highest BCUT2D eigenvalue weighted by atomic mass is 79.9. The summed E-state index contributed by atoms with van der Waals surface area (Å²) in [6.07, 6.45) is 0.686. The first-order valence-corrected chi connectivity index (χ1v) is 6.13. The number of halogens is 3. The Morgan fingerprint density at radius 3 is 2.61 bits per heavy atom. The maximum atomic E-state index is 13.0. The van der Waals surface area contributed by atoms with Gasteiger partial charge in [0.25, 0.3) is 0 Å². The number of rotatable bonds is 3. The standard InChI is InChI=1S/C12H10BrF2N3/c1-2-11-17-10(13)6-12(18-11)16-7-3-4-8(14)9(15)5-7/h3-6H,2H2,1H3,(H,16,17,18). The van der Waals surface area contributed by atoms with Crippen LogP contribution < -0.4 is 5.32 Å². The fraction of sp³-hybridized carbons (Fsp3) is 0.167. The predicted molar refractivity (Wildman–Crippen MR) is 68.8 cm³/mol. The third kappa shape index (κ3) is 3.01. The molecule has 0 bridgehead atoms. The van der Waals surface area contributed by atoms with Crippen molar-refractivity contribution in [1.82, 2.24) is 9.97 Å². The van der Waals surface area contributed by atoms with Gasteiger partial charge in [-0.25, -0.2) is 18.7 Å². The highest BCUT2D eigenvalue weighted by Crippen LogP contribution is 2.19. The first-order valence-electron chi connectivity index (χ1n) is 5.34. The second-order valence-corrected chi connectivity index (χ2v) is 4.41. The summed E-state index contributed by atoms with van der Waals surface area (Å²) < 4.78 is 26.5. The van der Waals surface area contributed by atoms with Crippen molar-refractivity contribution < 1.29 is 8.78 Å². The van der Waals surface area contributed by atoms with Crippen molar-refractivity contribution in [3.8, 4) is 0 Å². The SMILES string of the molecule is CCc1nc(Br)cc(Nc2ccc(F)c(F)c2)n1. The number of nitrogens with one attached hydrogen (secondary N) is 1. The van der Waals surface area contributed by atoms with E-state index in [1.54, 1.807) is 6.07 Å². The summed E-state index contributed by atoms with van der Waals surface area (Å²) in [5.74, 6) is -0.586. The van der Waals surface area contributed by atoms with E-state index in [1.807, 2.05) is 6.92 Å². The van der Waals surface area contributed by atoms with E-state index in [-0.39, 0.29) is 0 Å². The molecule has 2 rings (SSSR count). The zero-order valence-corrected chi connectivity index (χ0v) is 11.1. The number of aromatic nitrogens is 2. The van der Waals surface area contributed by atoms with Gasteiger partial charge in [0.1, 0.15) is 16.2 Å². The molecular formula is C12H10BrF2N3. The Bertz CT molecular complexity index is 575. The molecule has 0 spiro atoms. The van der Waals surface area contributed by atoms with Crippen LogP contribution in [0.15, 0.2) is 28.9 Å². The van der Waals surface area contributed by atoms with Gasteiger partial charge in [0.05, 0.1) is 0 Å². The highest BCUT2D eigenvalue weighted by Gasteiger charge is 2.05. The minimum absolute atomic E-state index is 0.432. The Hall–Kier alpha value is -1.56. The Labute approximate surface area is 111 Å². The lowest BCUT2D eigenvalue weighted by Crippen LogP contribution is -2.00. The summed E-state index contributed by atoms with van der Waals surface area (Å²) in [6.45, 7) is 1.93. The summed E-state index contributed by atoms with van der Waals surface area (Å²) in [5, 5.41) is 2.90. The monoisotopic (exact) mass is 313 g/mol. The smallest absolute Gasteiger partial charge is 0.160 e. The number of nitrogens with zero attached hydrogens (tertiary/aromatic N) is 2. The van der Waals surface area contributed by atoms with Crippen LogP contribution in [-0.4, -0.2) is 9.97 Å². The molecule has 0 radical (unpaired) electrons. The number of aryl methyl sites for hydroxylation is 1. The van der Waals surface area contributed by atoms with Gasteiger partial charge in [0.2, 0.25) is 0 Å². The van der Waals surface area contributed by atoms with Gasteiger partial charge in [0, 0.05) is 24.2 Å². The molecule has 2 aromatic rings. The van der Waals surface area contributed by atoms with Crippen LogP contribution >= 0.6 is 15.9 Å². The van der Waals surface area contributed by atoms with Gasteiger partial charge >= 0.3 is 0 Å². The van der Waals surface area contributed by atoms with Crippen LogP contribution in [-0.2, 0) is 6.42 Å². The Kier molecular flexibility index (Phi) is 3.86. The maximum absolute atomic E-state index is 13.0. The van der Waals surface area contributed by atoms with Crippen molar-refractivity contribution >= 4 is 27.4 Å². The molecule has 0 unspecified atom stereocenters. The molecule has 0 atom stereocenters. The lowest BCUT2D eigenvalue weighted by Gasteiger charge is -2.07. The molecule has 3 nitrogen and oxygen atoms in total. The largest absolute Gasteiger partial charge is 0.340 e. The summed E-state index contributed by atoms with van der Waals surface area (Å²) in [6, 6.07) is 5.26. The maximum Gasteiger partial charge on any atom is 0.160 e. The van der Waals surface area contributed by atoms with E-state index >= 15 is 0 Å². The van der Waals surface area contributed by atoms with Crippen LogP contribution in [0.2, 0.25) is 0 Å². The molecule has 0 saturated carbocycles. The van der Waals surface area contributed by atoms with Crippen molar-refractivity contribution in [2.45, 2.75) is 13.3 Å². The number of benzene rings is 1. The zero-order valence-electron chi connectivity index (χ0n) is 9.54. The molecule has 94 valence electrons. The summed E-state index contributed by atoms with van der Waals surface area (Å²) in [5.41, 5.74) is 0.432. The van der Waals surface area contributed by atoms with Crippen molar-refractivity contribution in [2.75, 3.05) is 5.32 Å². The van der Waals surface area contributed by atoms with E-state index in [0.29, 0.717) is 28.4 Å². The first kappa shape index (κ1) is 12.9. The molecule has 6 heteroatoms. The molecule has 1 aromatic carbocycles. The van der Waals surface area contributed by atoms with Gasteiger partial charge in [-0.05, 0) is 28.1 Å². The minimum atomic E-state index is -0.899. The number of hydrogen-bond acceptors (Lipinski definition) is 3. The lowest BCUT2D eigenvalue weighted by molar-refractivity contribution is 0.509. The average Bonchev–Trinajstić information content (AvgIpc) is 2.33. The quantitative estimate of drug-likeness (QED) is 0.875. The van der Waals surface area contributed by atoms with E-state index in [4.69, 9.17) is 0 Å². The van der Waals surface area contributed by atoms with Crippen molar-refractivity contribution in [3.63, 3.8) is 0 Å². The molecule has 1 N–H and O–H groups in total. The van der Waals surface area contributed by atoms with Gasteiger partial charge < -0.3 is 5.32 Å². The van der Waals surface area contributed by atoms with Crippen LogP contribution in [0.25, 0.3) is 0 Å².